The van der Waals surface area contributed by atoms with Crippen molar-refractivity contribution in [3.05, 3.63) is 58.8 Å². The van der Waals surface area contributed by atoms with Gasteiger partial charge in [-0.1, -0.05) is 28.1 Å². The number of aromatic nitrogens is 2. The van der Waals surface area contributed by atoms with E-state index >= 15 is 0 Å². The van der Waals surface area contributed by atoms with Crippen LogP contribution >= 0.6 is 15.9 Å². The molecule has 2 saturated heterocycles. The zero-order chi connectivity index (χ0) is 20.1. The summed E-state index contributed by atoms with van der Waals surface area (Å²) in [7, 11) is 0. The van der Waals surface area contributed by atoms with E-state index in [1.165, 1.54) is 11.2 Å². The molecule has 3 heterocycles. The minimum absolute atomic E-state index is 0.0527. The molecule has 2 fully saturated rings. The minimum atomic E-state index is -0.909. The number of fused-ring (bicyclic) bond motifs is 3. The van der Waals surface area contributed by atoms with E-state index in [0.29, 0.717) is 25.1 Å². The van der Waals surface area contributed by atoms with Crippen LogP contribution in [0.15, 0.2) is 53.3 Å². The second-order valence-corrected chi connectivity index (χ2v) is 8.32. The van der Waals surface area contributed by atoms with E-state index in [9.17, 15) is 14.7 Å². The summed E-state index contributed by atoms with van der Waals surface area (Å²) >= 11 is 3.49. The molecule has 0 radical (unpaired) electrons. The van der Waals surface area contributed by atoms with E-state index < -0.39 is 6.09 Å². The molecule has 5 rings (SSSR count). The molecule has 2 aliphatic rings. The molecule has 2 amide bonds. The summed E-state index contributed by atoms with van der Waals surface area (Å²) in [5, 5.41) is 10.2. The summed E-state index contributed by atoms with van der Waals surface area (Å²) in [5.74, 6) is -0.0658. The minimum Gasteiger partial charge on any atom is -0.465 e. The summed E-state index contributed by atoms with van der Waals surface area (Å²) in [6.07, 6.45) is 1.33. The molecule has 0 saturated carbocycles. The molecule has 2 bridgehead atoms. The standard InChI is InChI=1S/C21H17BrN4O3/c22-14-4-5-18-17(7-14)19(24-11-23-18)12-2-1-3-13(6-12)20(27)25-9-16-8-15(25)10-26(16)21(28)29/h1-7,11,15-16H,8-10H2,(H,28,29). The van der Waals surface area contributed by atoms with Crippen LogP contribution in [-0.2, 0) is 0 Å². The molecule has 7 nitrogen and oxygen atoms in total. The van der Waals surface area contributed by atoms with Crippen molar-refractivity contribution < 1.29 is 14.7 Å². The maximum atomic E-state index is 13.1. The molecule has 1 N–H and O–H groups in total. The molecule has 29 heavy (non-hydrogen) atoms. The molecule has 2 aromatic carbocycles. The molecule has 3 aromatic rings. The largest absolute Gasteiger partial charge is 0.465 e. The van der Waals surface area contributed by atoms with Gasteiger partial charge in [-0.05, 0) is 36.8 Å². The predicted molar refractivity (Wildman–Crippen MR) is 111 cm³/mol. The third-order valence-electron chi connectivity index (χ3n) is 5.73. The summed E-state index contributed by atoms with van der Waals surface area (Å²) in [4.78, 5) is 36.4. The van der Waals surface area contributed by atoms with Crippen LogP contribution in [0.1, 0.15) is 16.8 Å². The van der Waals surface area contributed by atoms with Crippen molar-refractivity contribution in [3.8, 4) is 11.3 Å². The SMILES string of the molecule is O=C(O)N1CC2CC1CN2C(=O)c1cccc(-c2ncnc3ccc(Br)cc23)c1. The molecular weight excluding hydrogens is 436 g/mol. The number of carbonyl (C=O) groups excluding carboxylic acids is 1. The lowest BCUT2D eigenvalue weighted by Gasteiger charge is -2.32. The Morgan fingerprint density at radius 1 is 1.03 bits per heavy atom. The van der Waals surface area contributed by atoms with Gasteiger partial charge in [0.1, 0.15) is 6.33 Å². The van der Waals surface area contributed by atoms with Crippen LogP contribution in [0.3, 0.4) is 0 Å². The Kier molecular flexibility index (Phi) is 4.24. The van der Waals surface area contributed by atoms with Crippen LogP contribution in [0.25, 0.3) is 22.2 Å². The maximum absolute atomic E-state index is 13.1. The van der Waals surface area contributed by atoms with Crippen LogP contribution < -0.4 is 0 Å². The van der Waals surface area contributed by atoms with Gasteiger partial charge in [0.25, 0.3) is 5.91 Å². The fourth-order valence-electron chi connectivity index (χ4n) is 4.37. The molecule has 1 aromatic heterocycles. The number of hydrogen-bond acceptors (Lipinski definition) is 4. The van der Waals surface area contributed by atoms with E-state index in [0.717, 1.165) is 26.6 Å². The second-order valence-electron chi connectivity index (χ2n) is 7.40. The van der Waals surface area contributed by atoms with Gasteiger partial charge in [0.15, 0.2) is 0 Å². The Morgan fingerprint density at radius 2 is 1.83 bits per heavy atom. The number of carboxylic acid groups (broad SMARTS) is 1. The lowest BCUT2D eigenvalue weighted by atomic mass is 10.0. The van der Waals surface area contributed by atoms with Crippen molar-refractivity contribution in [3.63, 3.8) is 0 Å². The van der Waals surface area contributed by atoms with Gasteiger partial charge in [0.05, 0.1) is 23.3 Å². The van der Waals surface area contributed by atoms with E-state index in [4.69, 9.17) is 0 Å². The first-order valence-corrected chi connectivity index (χ1v) is 10.1. The summed E-state index contributed by atoms with van der Waals surface area (Å²) in [6.45, 7) is 0.833. The van der Waals surface area contributed by atoms with Gasteiger partial charge in [0, 0.05) is 34.1 Å². The van der Waals surface area contributed by atoms with Gasteiger partial charge in [-0.15, -0.1) is 0 Å². The van der Waals surface area contributed by atoms with Crippen LogP contribution in [0.5, 0.6) is 0 Å². The van der Waals surface area contributed by atoms with Gasteiger partial charge in [-0.25, -0.2) is 14.8 Å². The van der Waals surface area contributed by atoms with Gasteiger partial charge in [0.2, 0.25) is 0 Å². The molecule has 0 spiro atoms. The highest BCUT2D eigenvalue weighted by atomic mass is 79.9. The fraction of sp³-hybridized carbons (Fsp3) is 0.238. The van der Waals surface area contributed by atoms with Crippen molar-refractivity contribution in [1.82, 2.24) is 19.8 Å². The molecule has 2 aliphatic heterocycles. The van der Waals surface area contributed by atoms with E-state index in [1.807, 2.05) is 36.4 Å². The van der Waals surface area contributed by atoms with Gasteiger partial charge in [-0.2, -0.15) is 0 Å². The highest BCUT2D eigenvalue weighted by molar-refractivity contribution is 9.10. The van der Waals surface area contributed by atoms with Crippen molar-refractivity contribution in [1.29, 1.82) is 0 Å². The number of carbonyl (C=O) groups is 2. The average Bonchev–Trinajstić information content (AvgIpc) is 3.34. The highest BCUT2D eigenvalue weighted by Gasteiger charge is 2.47. The smallest absolute Gasteiger partial charge is 0.407 e. The second kappa shape index (κ2) is 6.81. The lowest BCUT2D eigenvalue weighted by Crippen LogP contribution is -2.50. The Balaban J connectivity index is 1.47. The van der Waals surface area contributed by atoms with Gasteiger partial charge >= 0.3 is 6.09 Å². The molecule has 0 aliphatic carbocycles. The van der Waals surface area contributed by atoms with Gasteiger partial charge < -0.3 is 14.9 Å². The Labute approximate surface area is 175 Å². The molecule has 146 valence electrons. The van der Waals surface area contributed by atoms with Crippen molar-refractivity contribution in [2.45, 2.75) is 18.5 Å². The number of halogens is 1. The third kappa shape index (κ3) is 3.04. The van der Waals surface area contributed by atoms with E-state index in [2.05, 4.69) is 25.9 Å². The number of piperazine rings is 1. The van der Waals surface area contributed by atoms with E-state index in [1.54, 1.807) is 11.0 Å². The van der Waals surface area contributed by atoms with Crippen LogP contribution in [0.2, 0.25) is 0 Å². The zero-order valence-corrected chi connectivity index (χ0v) is 16.9. The average molecular weight is 453 g/mol. The lowest BCUT2D eigenvalue weighted by molar-refractivity contribution is 0.0613. The Morgan fingerprint density at radius 3 is 2.59 bits per heavy atom. The number of rotatable bonds is 2. The molecule has 2 unspecified atom stereocenters. The first-order valence-electron chi connectivity index (χ1n) is 9.32. The molecule has 8 heteroatoms. The quantitative estimate of drug-likeness (QED) is 0.641. The van der Waals surface area contributed by atoms with Crippen LogP contribution in [0.4, 0.5) is 4.79 Å². The first kappa shape index (κ1) is 18.1. The zero-order valence-electron chi connectivity index (χ0n) is 15.3. The topological polar surface area (TPSA) is 86.6 Å². The Bertz CT molecular complexity index is 1150. The van der Waals surface area contributed by atoms with Crippen LogP contribution in [-0.4, -0.2) is 62.0 Å². The molecule has 2 atom stereocenters. The number of likely N-dealkylation sites (tertiary alicyclic amines) is 2. The fourth-order valence-corrected chi connectivity index (χ4v) is 4.74. The summed E-state index contributed by atoms with van der Waals surface area (Å²) in [5.41, 5.74) is 3.03. The van der Waals surface area contributed by atoms with Crippen molar-refractivity contribution in [2.75, 3.05) is 13.1 Å². The summed E-state index contributed by atoms with van der Waals surface area (Å²) in [6, 6.07) is 13.1. The number of hydrogen-bond donors (Lipinski definition) is 1. The van der Waals surface area contributed by atoms with Gasteiger partial charge in [-0.3, -0.25) is 4.79 Å². The number of benzene rings is 2. The summed E-state index contributed by atoms with van der Waals surface area (Å²) < 4.78 is 0.935. The number of nitrogens with zero attached hydrogens (tertiary/aromatic N) is 4. The Hall–Kier alpha value is -3.00. The highest BCUT2D eigenvalue weighted by Crippen LogP contribution is 2.33. The van der Waals surface area contributed by atoms with E-state index in [-0.39, 0.29) is 18.0 Å². The van der Waals surface area contributed by atoms with Crippen molar-refractivity contribution in [2.24, 2.45) is 0 Å². The third-order valence-corrected chi connectivity index (χ3v) is 6.22. The monoisotopic (exact) mass is 452 g/mol. The predicted octanol–water partition coefficient (Wildman–Crippen LogP) is 3.64. The first-order chi connectivity index (χ1) is 14.0. The normalized spacial score (nSPS) is 20.4. The van der Waals surface area contributed by atoms with Crippen LogP contribution in [0, 0.1) is 0 Å². The number of amides is 2. The maximum Gasteiger partial charge on any atom is 0.407 e. The molecular formula is C21H17BrN4O3. The van der Waals surface area contributed by atoms with Crippen molar-refractivity contribution >= 4 is 38.8 Å².